The molecule has 28 heavy (non-hydrogen) atoms. The second-order valence-corrected chi connectivity index (χ2v) is 7.85. The van der Waals surface area contributed by atoms with Crippen LogP contribution >= 0.6 is 11.8 Å². The molecule has 0 atom stereocenters. The van der Waals surface area contributed by atoms with Gasteiger partial charge in [0.1, 0.15) is 0 Å². The lowest BCUT2D eigenvalue weighted by atomic mass is 10.2. The molecule has 0 unspecified atom stereocenters. The van der Waals surface area contributed by atoms with Crippen LogP contribution in [0.25, 0.3) is 0 Å². The second kappa shape index (κ2) is 10.8. The lowest BCUT2D eigenvalue weighted by Crippen LogP contribution is -2.37. The van der Waals surface area contributed by atoms with Gasteiger partial charge in [-0.05, 0) is 48.4 Å². The van der Waals surface area contributed by atoms with E-state index in [0.29, 0.717) is 13.0 Å². The van der Waals surface area contributed by atoms with Gasteiger partial charge in [0.2, 0.25) is 5.91 Å². The van der Waals surface area contributed by atoms with Crippen LogP contribution in [0, 0.1) is 0 Å². The molecule has 5 nitrogen and oxygen atoms in total. The number of hydrogen-bond donors (Lipinski definition) is 2. The molecule has 0 saturated carbocycles. The number of benzene rings is 2. The maximum atomic E-state index is 11.8. The van der Waals surface area contributed by atoms with E-state index in [0.717, 1.165) is 48.9 Å². The van der Waals surface area contributed by atoms with Gasteiger partial charge in [0.25, 0.3) is 0 Å². The number of carbonyl (C=O) groups is 1. The fraction of sp³-hybridized carbons (Fsp3) is 0.364. The number of hydrogen-bond acceptors (Lipinski definition) is 3. The molecule has 2 N–H and O–H groups in total. The minimum absolute atomic E-state index is 0.223. The fourth-order valence-corrected chi connectivity index (χ4v) is 3.98. The Kier molecular flexibility index (Phi) is 7.79. The predicted octanol–water partition coefficient (Wildman–Crippen LogP) is 3.66. The first-order chi connectivity index (χ1) is 13.8. The van der Waals surface area contributed by atoms with Crippen LogP contribution in [0.3, 0.4) is 0 Å². The van der Waals surface area contributed by atoms with Crippen LogP contribution in [-0.2, 0) is 11.3 Å². The highest BCUT2D eigenvalue weighted by Crippen LogP contribution is 2.21. The number of nitrogens with one attached hydrogen (secondary N) is 2. The monoisotopic (exact) mass is 396 g/mol. The number of nitrogens with zero attached hydrogens (tertiary/aromatic N) is 2. The molecule has 3 rings (SSSR count). The molecule has 2 aromatic rings. The van der Waals surface area contributed by atoms with Crippen molar-refractivity contribution in [3.8, 4) is 0 Å². The van der Waals surface area contributed by atoms with E-state index in [9.17, 15) is 4.79 Å². The molecule has 2 aromatic carbocycles. The summed E-state index contributed by atoms with van der Waals surface area (Å²) in [7, 11) is 1.79. The number of rotatable bonds is 8. The molecular weight excluding hydrogens is 368 g/mol. The van der Waals surface area contributed by atoms with Crippen molar-refractivity contribution >= 4 is 29.3 Å². The van der Waals surface area contributed by atoms with Gasteiger partial charge in [-0.25, -0.2) is 0 Å². The van der Waals surface area contributed by atoms with Crippen molar-refractivity contribution in [2.45, 2.75) is 30.7 Å². The van der Waals surface area contributed by atoms with Crippen LogP contribution < -0.4 is 15.5 Å². The lowest BCUT2D eigenvalue weighted by Gasteiger charge is -2.16. The summed E-state index contributed by atoms with van der Waals surface area (Å²) in [6.45, 7) is 2.41. The van der Waals surface area contributed by atoms with Crippen molar-refractivity contribution in [2.75, 3.05) is 30.8 Å². The maximum absolute atomic E-state index is 11.8. The van der Waals surface area contributed by atoms with E-state index in [1.807, 2.05) is 34.9 Å². The van der Waals surface area contributed by atoms with Crippen molar-refractivity contribution in [3.63, 3.8) is 0 Å². The summed E-state index contributed by atoms with van der Waals surface area (Å²) in [5.41, 5.74) is 2.16. The highest BCUT2D eigenvalue weighted by molar-refractivity contribution is 7.99. The molecule has 0 aromatic heterocycles. The highest BCUT2D eigenvalue weighted by atomic mass is 32.2. The molecule has 0 aliphatic carbocycles. The summed E-state index contributed by atoms with van der Waals surface area (Å²) in [5, 5.41) is 6.70. The number of anilines is 1. The van der Waals surface area contributed by atoms with Gasteiger partial charge in [-0.1, -0.05) is 30.3 Å². The minimum atomic E-state index is 0.223. The first-order valence-electron chi connectivity index (χ1n) is 9.78. The van der Waals surface area contributed by atoms with Crippen LogP contribution in [0.15, 0.2) is 64.5 Å². The predicted molar refractivity (Wildman–Crippen MR) is 118 cm³/mol. The Morgan fingerprint density at radius 3 is 2.57 bits per heavy atom. The normalized spacial score (nSPS) is 14.4. The maximum Gasteiger partial charge on any atom is 0.227 e. The first-order valence-corrected chi connectivity index (χ1v) is 10.8. The molecule has 1 saturated heterocycles. The van der Waals surface area contributed by atoms with E-state index in [1.54, 1.807) is 7.05 Å². The Labute approximate surface area is 171 Å². The molecule has 6 heteroatoms. The average molecular weight is 397 g/mol. The van der Waals surface area contributed by atoms with Crippen LogP contribution in [0.4, 0.5) is 5.69 Å². The van der Waals surface area contributed by atoms with Crippen molar-refractivity contribution in [1.29, 1.82) is 0 Å². The zero-order chi connectivity index (χ0) is 19.6. The van der Waals surface area contributed by atoms with E-state index >= 15 is 0 Å². The Morgan fingerprint density at radius 2 is 1.89 bits per heavy atom. The molecule has 1 aliphatic heterocycles. The molecule has 1 aliphatic rings. The third-order valence-corrected chi connectivity index (χ3v) is 5.73. The summed E-state index contributed by atoms with van der Waals surface area (Å²) in [5.74, 6) is 2.11. The van der Waals surface area contributed by atoms with Gasteiger partial charge in [-0.15, -0.1) is 11.8 Å². The van der Waals surface area contributed by atoms with E-state index in [1.165, 1.54) is 4.90 Å². The van der Waals surface area contributed by atoms with Crippen molar-refractivity contribution in [2.24, 2.45) is 4.99 Å². The second-order valence-electron chi connectivity index (χ2n) is 6.68. The van der Waals surface area contributed by atoms with E-state index in [-0.39, 0.29) is 5.91 Å². The topological polar surface area (TPSA) is 56.7 Å². The summed E-state index contributed by atoms with van der Waals surface area (Å²) in [4.78, 5) is 19.3. The summed E-state index contributed by atoms with van der Waals surface area (Å²) < 4.78 is 0. The zero-order valence-electron chi connectivity index (χ0n) is 16.4. The zero-order valence-corrected chi connectivity index (χ0v) is 17.2. The Morgan fingerprint density at radius 1 is 1.11 bits per heavy atom. The van der Waals surface area contributed by atoms with Gasteiger partial charge in [0.05, 0.1) is 0 Å². The van der Waals surface area contributed by atoms with E-state index < -0.39 is 0 Å². The van der Waals surface area contributed by atoms with Crippen LogP contribution in [-0.4, -0.2) is 37.8 Å². The SMILES string of the molecule is CN=C(NCCCSc1ccccc1)NCc1ccc(N2CCCC2=O)cc1. The molecule has 0 spiro atoms. The molecule has 0 radical (unpaired) electrons. The Balaban J connectivity index is 1.36. The van der Waals surface area contributed by atoms with Crippen molar-refractivity contribution in [1.82, 2.24) is 10.6 Å². The number of carbonyl (C=O) groups excluding carboxylic acids is 1. The molecule has 1 fully saturated rings. The van der Waals surface area contributed by atoms with E-state index in [2.05, 4.69) is 52.0 Å². The van der Waals surface area contributed by atoms with Gasteiger partial charge >= 0.3 is 0 Å². The quantitative estimate of drug-likeness (QED) is 0.309. The number of aliphatic imine (C=N–C) groups is 1. The first kappa shape index (κ1) is 20.3. The average Bonchev–Trinajstić information content (AvgIpc) is 3.17. The van der Waals surface area contributed by atoms with Crippen LogP contribution in [0.2, 0.25) is 0 Å². The lowest BCUT2D eigenvalue weighted by molar-refractivity contribution is -0.117. The number of amides is 1. The minimum Gasteiger partial charge on any atom is -0.356 e. The molecule has 0 bridgehead atoms. The van der Waals surface area contributed by atoms with Gasteiger partial charge in [0, 0.05) is 43.7 Å². The number of guanidine groups is 1. The fourth-order valence-electron chi connectivity index (χ4n) is 3.11. The Hall–Kier alpha value is -2.47. The third-order valence-electron chi connectivity index (χ3n) is 4.63. The molecular formula is C22H28N4OS. The number of thioether (sulfide) groups is 1. The summed E-state index contributed by atoms with van der Waals surface area (Å²) in [6, 6.07) is 18.7. The summed E-state index contributed by atoms with van der Waals surface area (Å²) >= 11 is 1.87. The van der Waals surface area contributed by atoms with Crippen LogP contribution in [0.1, 0.15) is 24.8 Å². The van der Waals surface area contributed by atoms with Crippen LogP contribution in [0.5, 0.6) is 0 Å². The third kappa shape index (κ3) is 6.02. The van der Waals surface area contributed by atoms with E-state index in [4.69, 9.17) is 0 Å². The summed E-state index contributed by atoms with van der Waals surface area (Å²) in [6.07, 6.45) is 2.68. The molecule has 1 heterocycles. The van der Waals surface area contributed by atoms with Crippen molar-refractivity contribution < 1.29 is 4.79 Å². The largest absolute Gasteiger partial charge is 0.356 e. The van der Waals surface area contributed by atoms with Gasteiger partial charge in [0.15, 0.2) is 5.96 Å². The standard InChI is InChI=1S/C22H28N4OS/c1-23-22(24-14-6-16-28-20-7-3-2-4-8-20)25-17-18-10-12-19(13-11-18)26-15-5-9-21(26)27/h2-4,7-8,10-13H,5-6,9,14-17H2,1H3,(H2,23,24,25). The van der Waals surface area contributed by atoms with Gasteiger partial charge in [-0.3, -0.25) is 9.79 Å². The Bertz CT molecular complexity index is 777. The van der Waals surface area contributed by atoms with Crippen molar-refractivity contribution in [3.05, 3.63) is 60.2 Å². The molecule has 148 valence electrons. The van der Waals surface area contributed by atoms with Gasteiger partial charge < -0.3 is 15.5 Å². The van der Waals surface area contributed by atoms with Gasteiger partial charge in [-0.2, -0.15) is 0 Å². The molecule has 1 amide bonds. The highest BCUT2D eigenvalue weighted by Gasteiger charge is 2.21. The smallest absolute Gasteiger partial charge is 0.227 e.